The summed E-state index contributed by atoms with van der Waals surface area (Å²) in [6.45, 7) is 0. The number of rotatable bonds is 3. The van der Waals surface area contributed by atoms with Crippen LogP contribution in [0.5, 0.6) is 0 Å². The molecule has 7 aromatic carbocycles. The van der Waals surface area contributed by atoms with E-state index in [9.17, 15) is 0 Å². The van der Waals surface area contributed by atoms with Crippen molar-refractivity contribution in [3.63, 3.8) is 0 Å². The monoisotopic (exact) mass is 571 g/mol. The minimum Gasteiger partial charge on any atom is -0.309 e. The van der Waals surface area contributed by atoms with Crippen LogP contribution in [0.4, 0.5) is 0 Å². The van der Waals surface area contributed by atoms with Crippen LogP contribution in [-0.2, 0) is 0 Å². The van der Waals surface area contributed by atoms with Gasteiger partial charge in [-0.25, -0.2) is 9.97 Å². The Balaban J connectivity index is 1.21. The second-order valence-electron chi connectivity index (χ2n) is 11.8. The van der Waals surface area contributed by atoms with Crippen molar-refractivity contribution >= 4 is 43.5 Å². The van der Waals surface area contributed by atoms with Gasteiger partial charge >= 0.3 is 0 Å². The molecule has 10 rings (SSSR count). The van der Waals surface area contributed by atoms with E-state index in [0.717, 1.165) is 39.2 Å². The van der Waals surface area contributed by atoms with Gasteiger partial charge in [0, 0.05) is 38.4 Å². The first-order chi connectivity index (χ1) is 22.3. The number of para-hydroxylation sites is 2. The van der Waals surface area contributed by atoms with Crippen LogP contribution in [0.1, 0.15) is 0 Å². The number of hydrogen-bond acceptors (Lipinski definition) is 2. The van der Waals surface area contributed by atoms with Crippen molar-refractivity contribution < 1.29 is 0 Å². The molecule has 3 heteroatoms. The van der Waals surface area contributed by atoms with Crippen LogP contribution < -0.4 is 0 Å². The Labute approximate surface area is 259 Å². The van der Waals surface area contributed by atoms with Gasteiger partial charge in [0.25, 0.3) is 0 Å². The fraction of sp³-hybridized carbons (Fsp3) is 0. The molecule has 0 amide bonds. The van der Waals surface area contributed by atoms with Crippen LogP contribution in [0.3, 0.4) is 0 Å². The van der Waals surface area contributed by atoms with Crippen molar-refractivity contribution in [1.82, 2.24) is 14.5 Å². The van der Waals surface area contributed by atoms with E-state index < -0.39 is 0 Å². The number of fused-ring (bicyclic) bond motifs is 8. The molecule has 0 radical (unpaired) electrons. The average molecular weight is 572 g/mol. The molecule has 3 nitrogen and oxygen atoms in total. The molecule has 208 valence electrons. The van der Waals surface area contributed by atoms with E-state index in [1.54, 1.807) is 0 Å². The van der Waals surface area contributed by atoms with Gasteiger partial charge in [-0.1, -0.05) is 121 Å². The molecule has 0 N–H and O–H groups in total. The third-order valence-corrected chi connectivity index (χ3v) is 9.33. The third-order valence-electron chi connectivity index (χ3n) is 9.33. The Kier molecular flexibility index (Phi) is 5.00. The highest BCUT2D eigenvalue weighted by Crippen LogP contribution is 2.51. The molecule has 0 spiro atoms. The van der Waals surface area contributed by atoms with Gasteiger partial charge in [0.15, 0.2) is 5.82 Å². The van der Waals surface area contributed by atoms with Gasteiger partial charge in [0.1, 0.15) is 0 Å². The quantitative estimate of drug-likeness (QED) is 0.211. The summed E-state index contributed by atoms with van der Waals surface area (Å²) < 4.78 is 2.44. The van der Waals surface area contributed by atoms with Crippen LogP contribution >= 0.6 is 0 Å². The van der Waals surface area contributed by atoms with Gasteiger partial charge in [-0.15, -0.1) is 0 Å². The number of hydrogen-bond donors (Lipinski definition) is 0. The first kappa shape index (κ1) is 24.4. The molecule has 0 saturated carbocycles. The average Bonchev–Trinajstić information content (AvgIpc) is 3.62. The van der Waals surface area contributed by atoms with E-state index in [1.165, 1.54) is 54.8 Å². The van der Waals surface area contributed by atoms with Crippen LogP contribution in [-0.4, -0.2) is 14.5 Å². The van der Waals surface area contributed by atoms with Crippen molar-refractivity contribution in [2.75, 3.05) is 0 Å². The molecule has 0 bridgehead atoms. The molecule has 2 aromatic heterocycles. The summed E-state index contributed by atoms with van der Waals surface area (Å²) in [5.41, 5.74) is 12.8. The lowest BCUT2D eigenvalue weighted by molar-refractivity contribution is 1.18. The van der Waals surface area contributed by atoms with E-state index in [2.05, 4.69) is 132 Å². The van der Waals surface area contributed by atoms with E-state index in [-0.39, 0.29) is 0 Å². The first-order valence-corrected chi connectivity index (χ1v) is 15.4. The fourth-order valence-electron chi connectivity index (χ4n) is 7.37. The molecule has 0 fully saturated rings. The van der Waals surface area contributed by atoms with Gasteiger partial charge in [-0.3, -0.25) is 0 Å². The van der Waals surface area contributed by atoms with E-state index in [4.69, 9.17) is 9.97 Å². The highest BCUT2D eigenvalue weighted by atomic mass is 15.0. The summed E-state index contributed by atoms with van der Waals surface area (Å²) in [4.78, 5) is 10.0. The van der Waals surface area contributed by atoms with Crippen LogP contribution in [0.25, 0.3) is 94.1 Å². The lowest BCUT2D eigenvalue weighted by Crippen LogP contribution is -1.97. The van der Waals surface area contributed by atoms with Gasteiger partial charge < -0.3 is 4.57 Å². The lowest BCUT2D eigenvalue weighted by atomic mass is 9.99. The van der Waals surface area contributed by atoms with Gasteiger partial charge in [-0.05, 0) is 58.0 Å². The van der Waals surface area contributed by atoms with Crippen molar-refractivity contribution in [1.29, 1.82) is 0 Å². The molecule has 0 atom stereocenters. The Bertz CT molecular complexity index is 2630. The maximum absolute atomic E-state index is 5.10. The molecule has 0 aliphatic heterocycles. The standard InChI is InChI=1S/C42H25N3/c1-2-11-27(12-3-1)42-43-37-19-8-6-16-33(37)40(44-42)26-21-23-28(24-22-26)45-38-20-9-7-15-31(38)36-25-35-30-14-5-4-13-29(30)32-17-10-18-34(39(32)35)41(36)45/h1-25H. The molecule has 9 aromatic rings. The first-order valence-electron chi connectivity index (χ1n) is 15.4. The molecule has 45 heavy (non-hydrogen) atoms. The van der Waals surface area contributed by atoms with Crippen molar-refractivity contribution in [3.05, 3.63) is 152 Å². The molecular formula is C42H25N3. The highest BCUT2D eigenvalue weighted by molar-refractivity contribution is 6.27. The van der Waals surface area contributed by atoms with Crippen molar-refractivity contribution in [2.24, 2.45) is 0 Å². The summed E-state index contributed by atoms with van der Waals surface area (Å²) in [6, 6.07) is 54.1. The van der Waals surface area contributed by atoms with E-state index in [0.29, 0.717) is 0 Å². The zero-order valence-corrected chi connectivity index (χ0v) is 24.3. The minimum absolute atomic E-state index is 0.736. The van der Waals surface area contributed by atoms with Gasteiger partial charge in [0.05, 0.1) is 22.2 Å². The highest BCUT2D eigenvalue weighted by Gasteiger charge is 2.25. The van der Waals surface area contributed by atoms with Crippen LogP contribution in [0.2, 0.25) is 0 Å². The molecule has 0 unspecified atom stereocenters. The second kappa shape index (κ2) is 9.22. The SMILES string of the molecule is c1ccc(-c2nc(-c3ccc(-n4c5ccccc5c5cc6c7c(cccc7c54)-c4ccccc4-6)cc3)c3ccccc3n2)cc1. The second-order valence-corrected chi connectivity index (χ2v) is 11.8. The summed E-state index contributed by atoms with van der Waals surface area (Å²) in [7, 11) is 0. The zero-order chi connectivity index (χ0) is 29.5. The van der Waals surface area contributed by atoms with Crippen LogP contribution in [0, 0.1) is 0 Å². The smallest absolute Gasteiger partial charge is 0.160 e. The maximum Gasteiger partial charge on any atom is 0.160 e. The molecule has 1 aliphatic rings. The van der Waals surface area contributed by atoms with E-state index in [1.807, 2.05) is 24.3 Å². The predicted molar refractivity (Wildman–Crippen MR) is 187 cm³/mol. The minimum atomic E-state index is 0.736. The Morgan fingerprint density at radius 2 is 1.09 bits per heavy atom. The molecular weight excluding hydrogens is 546 g/mol. The fourth-order valence-corrected chi connectivity index (χ4v) is 7.37. The van der Waals surface area contributed by atoms with Crippen molar-refractivity contribution in [3.8, 4) is 50.6 Å². The van der Waals surface area contributed by atoms with Crippen molar-refractivity contribution in [2.45, 2.75) is 0 Å². The largest absolute Gasteiger partial charge is 0.309 e. The van der Waals surface area contributed by atoms with E-state index >= 15 is 0 Å². The van der Waals surface area contributed by atoms with Gasteiger partial charge in [0.2, 0.25) is 0 Å². The molecule has 2 heterocycles. The van der Waals surface area contributed by atoms with Gasteiger partial charge in [-0.2, -0.15) is 0 Å². The third kappa shape index (κ3) is 3.46. The number of aromatic nitrogens is 3. The number of benzene rings is 7. The lowest BCUT2D eigenvalue weighted by Gasteiger charge is -2.13. The Morgan fingerprint density at radius 3 is 1.93 bits per heavy atom. The topological polar surface area (TPSA) is 30.7 Å². The van der Waals surface area contributed by atoms with Crippen LogP contribution in [0.15, 0.2) is 152 Å². The summed E-state index contributed by atoms with van der Waals surface area (Å²) >= 11 is 0. The normalized spacial score (nSPS) is 12.0. The number of nitrogens with zero attached hydrogens (tertiary/aromatic N) is 3. The maximum atomic E-state index is 5.10. The summed E-state index contributed by atoms with van der Waals surface area (Å²) in [5, 5.41) is 6.21. The Hall–Kier alpha value is -6.06. The Morgan fingerprint density at radius 1 is 0.422 bits per heavy atom. The summed E-state index contributed by atoms with van der Waals surface area (Å²) in [6.07, 6.45) is 0. The summed E-state index contributed by atoms with van der Waals surface area (Å²) in [5.74, 6) is 0.736. The predicted octanol–water partition coefficient (Wildman–Crippen LogP) is 10.9. The zero-order valence-electron chi connectivity index (χ0n) is 24.3. The molecule has 1 aliphatic carbocycles. The molecule has 0 saturated heterocycles.